The van der Waals surface area contributed by atoms with E-state index in [1.807, 2.05) is 65.8 Å². The van der Waals surface area contributed by atoms with Crippen LogP contribution in [0.4, 0.5) is 0 Å². The third kappa shape index (κ3) is 3.92. The van der Waals surface area contributed by atoms with Crippen LogP contribution in [0.1, 0.15) is 58.7 Å². The predicted molar refractivity (Wildman–Crippen MR) is 92.0 cm³/mol. The highest BCUT2D eigenvalue weighted by Gasteiger charge is 2.40. The summed E-state index contributed by atoms with van der Waals surface area (Å²) in [6, 6.07) is 7.38. The zero-order chi connectivity index (χ0) is 17.4. The standard InChI is InChI=1S/C19H28N2O2/c1-18(2,3)17(23)21-12-11-13-9-7-8-10-14(13)15(21)16(22)20-19(4,5)6/h7-10,15H,11-12H2,1-6H3,(H,20,22)/t15-/m0/s1. The van der Waals surface area contributed by atoms with Crippen molar-refractivity contribution in [2.45, 2.75) is 59.5 Å². The van der Waals surface area contributed by atoms with Crippen LogP contribution < -0.4 is 5.32 Å². The van der Waals surface area contributed by atoms with Gasteiger partial charge in [-0.2, -0.15) is 0 Å². The van der Waals surface area contributed by atoms with Crippen LogP contribution in [-0.4, -0.2) is 28.8 Å². The Hall–Kier alpha value is -1.84. The Bertz CT molecular complexity index is 609. The van der Waals surface area contributed by atoms with Gasteiger partial charge in [-0.25, -0.2) is 0 Å². The summed E-state index contributed by atoms with van der Waals surface area (Å²) in [5.74, 6) is -0.0942. The SMILES string of the molecule is CC(C)(C)NC(=O)[C@@H]1c2ccccc2CCN1C(=O)C(C)(C)C. The summed E-state index contributed by atoms with van der Waals surface area (Å²) in [5, 5.41) is 3.03. The van der Waals surface area contributed by atoms with Crippen molar-refractivity contribution in [3.63, 3.8) is 0 Å². The summed E-state index contributed by atoms with van der Waals surface area (Å²) in [5.41, 5.74) is 1.25. The fourth-order valence-corrected chi connectivity index (χ4v) is 2.94. The average Bonchev–Trinajstić information content (AvgIpc) is 2.42. The Morgan fingerprint density at radius 1 is 1.09 bits per heavy atom. The fraction of sp³-hybridized carbons (Fsp3) is 0.579. The third-order valence-electron chi connectivity index (χ3n) is 3.93. The monoisotopic (exact) mass is 316 g/mol. The number of fused-ring (bicyclic) bond motifs is 1. The van der Waals surface area contributed by atoms with Gasteiger partial charge < -0.3 is 10.2 Å². The molecule has 1 aliphatic rings. The van der Waals surface area contributed by atoms with Gasteiger partial charge in [-0.05, 0) is 38.3 Å². The normalized spacial score (nSPS) is 18.3. The van der Waals surface area contributed by atoms with Gasteiger partial charge in [-0.3, -0.25) is 9.59 Å². The molecule has 4 nitrogen and oxygen atoms in total. The van der Waals surface area contributed by atoms with Gasteiger partial charge in [-0.1, -0.05) is 45.0 Å². The predicted octanol–water partition coefficient (Wildman–Crippen LogP) is 3.07. The second-order valence-electron chi connectivity index (χ2n) is 8.34. The van der Waals surface area contributed by atoms with Crippen LogP contribution in [0.2, 0.25) is 0 Å². The van der Waals surface area contributed by atoms with Gasteiger partial charge in [0.2, 0.25) is 11.8 Å². The molecule has 0 radical (unpaired) electrons. The van der Waals surface area contributed by atoms with Crippen molar-refractivity contribution in [1.29, 1.82) is 0 Å². The minimum atomic E-state index is -0.550. The number of amides is 2. The van der Waals surface area contributed by atoms with Crippen LogP contribution in [0.3, 0.4) is 0 Å². The molecule has 126 valence electrons. The molecule has 23 heavy (non-hydrogen) atoms. The molecule has 2 amide bonds. The van der Waals surface area contributed by atoms with E-state index < -0.39 is 11.5 Å². The summed E-state index contributed by atoms with van der Waals surface area (Å²) < 4.78 is 0. The molecule has 0 fully saturated rings. The van der Waals surface area contributed by atoms with Crippen LogP contribution in [0.15, 0.2) is 24.3 Å². The van der Waals surface area contributed by atoms with E-state index in [2.05, 4.69) is 5.32 Å². The molecule has 0 unspecified atom stereocenters. The van der Waals surface area contributed by atoms with Crippen molar-refractivity contribution in [2.24, 2.45) is 5.41 Å². The van der Waals surface area contributed by atoms with Gasteiger partial charge >= 0.3 is 0 Å². The molecule has 1 aromatic rings. The number of hydrogen-bond acceptors (Lipinski definition) is 2. The first kappa shape index (κ1) is 17.5. The van der Waals surface area contributed by atoms with Crippen LogP contribution in [0.25, 0.3) is 0 Å². The van der Waals surface area contributed by atoms with Gasteiger partial charge in [0, 0.05) is 17.5 Å². The van der Waals surface area contributed by atoms with E-state index in [0.717, 1.165) is 17.5 Å². The van der Waals surface area contributed by atoms with Crippen LogP contribution in [0, 0.1) is 5.41 Å². The molecule has 0 saturated carbocycles. The second-order valence-corrected chi connectivity index (χ2v) is 8.34. The maximum absolute atomic E-state index is 12.9. The minimum Gasteiger partial charge on any atom is -0.349 e. The van der Waals surface area contributed by atoms with Crippen LogP contribution >= 0.6 is 0 Å². The van der Waals surface area contributed by atoms with E-state index in [4.69, 9.17) is 0 Å². The summed E-state index contributed by atoms with van der Waals surface area (Å²) in [7, 11) is 0. The molecule has 0 aliphatic carbocycles. The highest BCUT2D eigenvalue weighted by atomic mass is 16.2. The van der Waals surface area contributed by atoms with Crippen molar-refractivity contribution < 1.29 is 9.59 Å². The highest BCUT2D eigenvalue weighted by Crippen LogP contribution is 2.33. The molecular formula is C19H28N2O2. The smallest absolute Gasteiger partial charge is 0.247 e. The number of nitrogens with one attached hydrogen (secondary N) is 1. The van der Waals surface area contributed by atoms with Gasteiger partial charge in [0.1, 0.15) is 6.04 Å². The number of rotatable bonds is 1. The Labute approximate surface area is 139 Å². The summed E-state index contributed by atoms with van der Waals surface area (Å²) in [4.78, 5) is 27.5. The lowest BCUT2D eigenvalue weighted by atomic mass is 9.87. The lowest BCUT2D eigenvalue weighted by molar-refractivity contribution is -0.148. The number of nitrogens with zero attached hydrogens (tertiary/aromatic N) is 1. The maximum atomic E-state index is 12.9. The zero-order valence-corrected chi connectivity index (χ0v) is 15.1. The average molecular weight is 316 g/mol. The molecule has 1 atom stereocenters. The summed E-state index contributed by atoms with van der Waals surface area (Å²) in [6.45, 7) is 12.1. The first-order valence-corrected chi connectivity index (χ1v) is 8.21. The van der Waals surface area contributed by atoms with E-state index in [9.17, 15) is 9.59 Å². The Morgan fingerprint density at radius 2 is 1.70 bits per heavy atom. The molecule has 4 heteroatoms. The van der Waals surface area contributed by atoms with E-state index in [1.165, 1.54) is 0 Å². The number of hydrogen-bond donors (Lipinski definition) is 1. The van der Waals surface area contributed by atoms with Crippen molar-refractivity contribution in [1.82, 2.24) is 10.2 Å². The van der Waals surface area contributed by atoms with E-state index in [0.29, 0.717) is 6.54 Å². The first-order chi connectivity index (χ1) is 10.5. The summed E-state index contributed by atoms with van der Waals surface area (Å²) in [6.07, 6.45) is 0.789. The van der Waals surface area contributed by atoms with E-state index >= 15 is 0 Å². The zero-order valence-electron chi connectivity index (χ0n) is 15.1. The minimum absolute atomic E-state index is 0.0149. The molecular weight excluding hydrogens is 288 g/mol. The van der Waals surface area contributed by atoms with E-state index in [-0.39, 0.29) is 17.4 Å². The fourth-order valence-electron chi connectivity index (χ4n) is 2.94. The maximum Gasteiger partial charge on any atom is 0.247 e. The Morgan fingerprint density at radius 3 is 2.26 bits per heavy atom. The number of benzene rings is 1. The molecule has 0 aromatic heterocycles. The van der Waals surface area contributed by atoms with Crippen molar-refractivity contribution in [3.05, 3.63) is 35.4 Å². The molecule has 0 bridgehead atoms. The lowest BCUT2D eigenvalue weighted by Crippen LogP contribution is -2.53. The van der Waals surface area contributed by atoms with Crippen LogP contribution in [-0.2, 0) is 16.0 Å². The van der Waals surface area contributed by atoms with Gasteiger partial charge in [0.15, 0.2) is 0 Å². The third-order valence-corrected chi connectivity index (χ3v) is 3.93. The molecule has 1 aliphatic heterocycles. The van der Waals surface area contributed by atoms with Crippen LogP contribution in [0.5, 0.6) is 0 Å². The number of carbonyl (C=O) groups is 2. The highest BCUT2D eigenvalue weighted by molar-refractivity contribution is 5.91. The first-order valence-electron chi connectivity index (χ1n) is 8.21. The molecule has 0 saturated heterocycles. The molecule has 1 aromatic carbocycles. The van der Waals surface area contributed by atoms with Gasteiger partial charge in [0.25, 0.3) is 0 Å². The lowest BCUT2D eigenvalue weighted by Gasteiger charge is -2.40. The summed E-state index contributed by atoms with van der Waals surface area (Å²) >= 11 is 0. The van der Waals surface area contributed by atoms with Gasteiger partial charge in [0.05, 0.1) is 0 Å². The number of carbonyl (C=O) groups excluding carboxylic acids is 2. The van der Waals surface area contributed by atoms with E-state index in [1.54, 1.807) is 4.90 Å². The molecule has 2 rings (SSSR count). The topological polar surface area (TPSA) is 49.4 Å². The molecule has 1 heterocycles. The van der Waals surface area contributed by atoms with Crippen molar-refractivity contribution >= 4 is 11.8 Å². The largest absolute Gasteiger partial charge is 0.349 e. The second kappa shape index (κ2) is 5.99. The Balaban J connectivity index is 2.44. The molecule has 0 spiro atoms. The quantitative estimate of drug-likeness (QED) is 0.865. The Kier molecular flexibility index (Phi) is 4.56. The van der Waals surface area contributed by atoms with Crippen molar-refractivity contribution in [3.8, 4) is 0 Å². The van der Waals surface area contributed by atoms with Crippen molar-refractivity contribution in [2.75, 3.05) is 6.54 Å². The molecule has 1 N–H and O–H groups in total. The van der Waals surface area contributed by atoms with Gasteiger partial charge in [-0.15, -0.1) is 0 Å².